The maximum Gasteiger partial charge on any atom is 0.336 e. The molecule has 0 spiro atoms. The van der Waals surface area contributed by atoms with Crippen molar-refractivity contribution in [1.29, 1.82) is 5.26 Å². The highest BCUT2D eigenvalue weighted by molar-refractivity contribution is 6.30. The van der Waals surface area contributed by atoms with Crippen molar-refractivity contribution in [3.05, 3.63) is 59.7 Å². The Bertz CT molecular complexity index is 846. The first-order chi connectivity index (χ1) is 11.4. The molecule has 1 heterocycles. The lowest BCUT2D eigenvalue weighted by Crippen LogP contribution is -2.44. The van der Waals surface area contributed by atoms with Crippen molar-refractivity contribution in [2.75, 3.05) is 9.80 Å². The normalized spacial score (nSPS) is 16.4. The number of nitriles is 1. The molecule has 24 heavy (non-hydrogen) atoms. The molecule has 0 aromatic heterocycles. The first kappa shape index (κ1) is 15.8. The van der Waals surface area contributed by atoms with Crippen LogP contribution >= 0.6 is 0 Å². The molecule has 5 nitrogen and oxygen atoms in total. The number of hydrogen-bond donors (Lipinski definition) is 0. The summed E-state index contributed by atoms with van der Waals surface area (Å²) in [7, 11) is 0. The number of amides is 3. The van der Waals surface area contributed by atoms with Crippen LogP contribution in [0.3, 0.4) is 0 Å². The van der Waals surface area contributed by atoms with Crippen LogP contribution in [-0.4, -0.2) is 17.5 Å². The lowest BCUT2D eigenvalue weighted by molar-refractivity contribution is -0.120. The SMILES string of the molecule is Cc1ccc(N2C(=O)N(c3ccc(C#N)cc3)C(C)(C)C2=O)cc1. The summed E-state index contributed by atoms with van der Waals surface area (Å²) in [6.45, 7) is 5.39. The number of rotatable bonds is 2. The highest BCUT2D eigenvalue weighted by Gasteiger charge is 2.52. The maximum absolute atomic E-state index is 12.9. The van der Waals surface area contributed by atoms with E-state index in [1.165, 1.54) is 9.80 Å². The van der Waals surface area contributed by atoms with Crippen LogP contribution in [0.2, 0.25) is 0 Å². The summed E-state index contributed by atoms with van der Waals surface area (Å²) in [6.07, 6.45) is 0. The fourth-order valence-corrected chi connectivity index (χ4v) is 2.83. The smallest absolute Gasteiger partial charge is 0.279 e. The van der Waals surface area contributed by atoms with E-state index in [1.807, 2.05) is 25.1 Å². The average molecular weight is 319 g/mol. The minimum absolute atomic E-state index is 0.277. The highest BCUT2D eigenvalue weighted by Crippen LogP contribution is 2.36. The van der Waals surface area contributed by atoms with Gasteiger partial charge in [0.05, 0.1) is 17.3 Å². The summed E-state index contributed by atoms with van der Waals surface area (Å²) < 4.78 is 0. The van der Waals surface area contributed by atoms with Gasteiger partial charge in [0, 0.05) is 5.69 Å². The predicted octanol–water partition coefficient (Wildman–Crippen LogP) is 3.62. The Balaban J connectivity index is 2.04. The molecule has 2 aromatic carbocycles. The Morgan fingerprint density at radius 3 is 2.00 bits per heavy atom. The van der Waals surface area contributed by atoms with Crippen molar-refractivity contribution >= 4 is 23.3 Å². The molecule has 5 heteroatoms. The molecule has 3 amide bonds. The van der Waals surface area contributed by atoms with Crippen LogP contribution in [0.15, 0.2) is 48.5 Å². The Hall–Kier alpha value is -3.13. The zero-order valence-corrected chi connectivity index (χ0v) is 13.8. The first-order valence-corrected chi connectivity index (χ1v) is 7.62. The molecule has 1 aliphatic rings. The Labute approximate surface area is 140 Å². The second kappa shape index (κ2) is 5.50. The molecule has 2 aromatic rings. The molecule has 0 N–H and O–H groups in total. The fraction of sp³-hybridized carbons (Fsp3) is 0.211. The quantitative estimate of drug-likeness (QED) is 0.794. The summed E-state index contributed by atoms with van der Waals surface area (Å²) in [4.78, 5) is 28.5. The number of carbonyl (C=O) groups excluding carboxylic acids is 2. The van der Waals surface area contributed by atoms with Crippen LogP contribution in [-0.2, 0) is 4.79 Å². The van der Waals surface area contributed by atoms with Crippen molar-refractivity contribution in [3.8, 4) is 6.07 Å². The molecule has 120 valence electrons. The Kier molecular flexibility index (Phi) is 3.61. The lowest BCUT2D eigenvalue weighted by atomic mass is 10.0. The van der Waals surface area contributed by atoms with Crippen LogP contribution in [0.1, 0.15) is 25.0 Å². The molecule has 3 rings (SSSR count). The molecule has 1 aliphatic heterocycles. The average Bonchev–Trinajstić information content (AvgIpc) is 2.74. The second-order valence-electron chi connectivity index (χ2n) is 6.31. The maximum atomic E-state index is 12.9. The summed E-state index contributed by atoms with van der Waals surface area (Å²) >= 11 is 0. The third-order valence-electron chi connectivity index (χ3n) is 4.21. The topological polar surface area (TPSA) is 64.4 Å². The molecule has 1 fully saturated rings. The van der Waals surface area contributed by atoms with Gasteiger partial charge in [-0.05, 0) is 57.2 Å². The van der Waals surface area contributed by atoms with E-state index in [0.29, 0.717) is 16.9 Å². The number of benzene rings is 2. The van der Waals surface area contributed by atoms with Gasteiger partial charge >= 0.3 is 6.03 Å². The molecule has 0 unspecified atom stereocenters. The monoisotopic (exact) mass is 319 g/mol. The minimum Gasteiger partial charge on any atom is -0.279 e. The van der Waals surface area contributed by atoms with E-state index in [-0.39, 0.29) is 5.91 Å². The van der Waals surface area contributed by atoms with E-state index < -0.39 is 11.6 Å². The van der Waals surface area contributed by atoms with E-state index in [1.54, 1.807) is 50.2 Å². The number of anilines is 2. The molecule has 1 saturated heterocycles. The van der Waals surface area contributed by atoms with Crippen molar-refractivity contribution in [2.24, 2.45) is 0 Å². The largest absolute Gasteiger partial charge is 0.336 e. The van der Waals surface area contributed by atoms with Crippen molar-refractivity contribution in [1.82, 2.24) is 0 Å². The van der Waals surface area contributed by atoms with E-state index >= 15 is 0 Å². The molecule has 0 aliphatic carbocycles. The van der Waals surface area contributed by atoms with Gasteiger partial charge in [-0.2, -0.15) is 5.26 Å². The highest BCUT2D eigenvalue weighted by atomic mass is 16.2. The van der Waals surface area contributed by atoms with Gasteiger partial charge in [0.25, 0.3) is 5.91 Å². The molecule has 0 atom stereocenters. The van der Waals surface area contributed by atoms with Crippen LogP contribution in [0.4, 0.5) is 16.2 Å². The molecular weight excluding hydrogens is 302 g/mol. The molecular formula is C19H17N3O2. The van der Waals surface area contributed by atoms with Crippen LogP contribution in [0.5, 0.6) is 0 Å². The van der Waals surface area contributed by atoms with Gasteiger partial charge in [0.2, 0.25) is 0 Å². The summed E-state index contributed by atoms with van der Waals surface area (Å²) in [5.74, 6) is -0.277. The van der Waals surface area contributed by atoms with Crippen LogP contribution in [0, 0.1) is 18.3 Å². The van der Waals surface area contributed by atoms with Gasteiger partial charge in [0.15, 0.2) is 0 Å². The van der Waals surface area contributed by atoms with Crippen LogP contribution in [0.25, 0.3) is 0 Å². The minimum atomic E-state index is -1.00. The number of aryl methyl sites for hydroxylation is 1. The van der Waals surface area contributed by atoms with E-state index in [4.69, 9.17) is 5.26 Å². The van der Waals surface area contributed by atoms with Crippen molar-refractivity contribution in [3.63, 3.8) is 0 Å². The second-order valence-corrected chi connectivity index (χ2v) is 6.31. The standard InChI is InChI=1S/C19H17N3O2/c1-13-4-8-15(9-5-13)21-17(23)19(2,3)22(18(21)24)16-10-6-14(12-20)7-11-16/h4-11H,1-3H3. The van der Waals surface area contributed by atoms with Crippen LogP contribution < -0.4 is 9.80 Å². The zero-order valence-electron chi connectivity index (χ0n) is 13.8. The van der Waals surface area contributed by atoms with Gasteiger partial charge < -0.3 is 0 Å². The van der Waals surface area contributed by atoms with Gasteiger partial charge in [-0.25, -0.2) is 9.69 Å². The number of carbonyl (C=O) groups is 2. The lowest BCUT2D eigenvalue weighted by Gasteiger charge is -2.27. The third kappa shape index (κ3) is 2.33. The first-order valence-electron chi connectivity index (χ1n) is 7.62. The number of urea groups is 1. The summed E-state index contributed by atoms with van der Waals surface area (Å²) in [5.41, 5.74) is 1.70. The Morgan fingerprint density at radius 2 is 1.46 bits per heavy atom. The van der Waals surface area contributed by atoms with E-state index in [2.05, 4.69) is 0 Å². The third-order valence-corrected chi connectivity index (χ3v) is 4.21. The number of imide groups is 1. The van der Waals surface area contributed by atoms with Gasteiger partial charge in [0.1, 0.15) is 5.54 Å². The summed E-state index contributed by atoms with van der Waals surface area (Å²) in [5, 5.41) is 8.91. The fourth-order valence-electron chi connectivity index (χ4n) is 2.83. The van der Waals surface area contributed by atoms with Crippen molar-refractivity contribution < 1.29 is 9.59 Å². The van der Waals surface area contributed by atoms with Gasteiger partial charge in [-0.1, -0.05) is 17.7 Å². The summed E-state index contributed by atoms with van der Waals surface area (Å²) in [6, 6.07) is 15.6. The van der Waals surface area contributed by atoms with Gasteiger partial charge in [-0.3, -0.25) is 9.69 Å². The van der Waals surface area contributed by atoms with Crippen molar-refractivity contribution in [2.45, 2.75) is 26.3 Å². The van der Waals surface area contributed by atoms with E-state index in [9.17, 15) is 9.59 Å². The van der Waals surface area contributed by atoms with E-state index in [0.717, 1.165) is 5.56 Å². The van der Waals surface area contributed by atoms with Gasteiger partial charge in [-0.15, -0.1) is 0 Å². The predicted molar refractivity (Wildman–Crippen MR) is 91.8 cm³/mol. The Morgan fingerprint density at radius 1 is 0.917 bits per heavy atom. The number of hydrogen-bond acceptors (Lipinski definition) is 3. The number of nitrogens with zero attached hydrogens (tertiary/aromatic N) is 3. The molecule has 0 bridgehead atoms. The zero-order chi connectivity index (χ0) is 17.5. The molecule has 0 saturated carbocycles. The molecule has 0 radical (unpaired) electrons.